The van der Waals surface area contributed by atoms with E-state index in [1.807, 2.05) is 0 Å². The number of carbonyl (C=O) groups is 1. The number of phenolic OH excluding ortho intramolecular Hbond substituents is 7. The minimum atomic E-state index is -2.02. The lowest BCUT2D eigenvalue weighted by Gasteiger charge is -2.39. The Labute approximate surface area is 244 Å². The second-order valence-electron chi connectivity index (χ2n) is 9.73. The van der Waals surface area contributed by atoms with Gasteiger partial charge < -0.3 is 69.7 Å². The van der Waals surface area contributed by atoms with Crippen molar-refractivity contribution in [3.8, 4) is 57.3 Å². The van der Waals surface area contributed by atoms with Gasteiger partial charge in [0, 0.05) is 17.7 Å². The molecule has 4 aromatic rings. The number of aliphatic hydroxyl groups excluding tert-OH is 3. The van der Waals surface area contributed by atoms with Crippen LogP contribution in [0.15, 0.2) is 51.7 Å². The first-order chi connectivity index (χ1) is 20.8. The molecule has 16 nitrogen and oxygen atoms in total. The van der Waals surface area contributed by atoms with Crippen molar-refractivity contribution in [3.63, 3.8) is 0 Å². The van der Waals surface area contributed by atoms with Crippen LogP contribution in [0.5, 0.6) is 46.0 Å². The molecule has 232 valence electrons. The van der Waals surface area contributed by atoms with E-state index in [9.17, 15) is 60.7 Å². The van der Waals surface area contributed by atoms with Crippen LogP contribution in [0.2, 0.25) is 0 Å². The van der Waals surface area contributed by atoms with E-state index in [0.717, 1.165) is 36.4 Å². The standard InChI is InChI=1S/C28H24O16/c29-11-6-14(32)19-17(7-11)42-25(9-1-2-12(30)13(31)3-9)26(22(19)37)44-28-24(39)23(38)21(36)18(43-28)8-41-27(40)10-4-15(33)20(35)16(34)5-10/h1-7,18,21,23-24,28-36,38-39H,8H2/t18-,21+,23?,24?,28+/m1/s1. The number of benzene rings is 3. The van der Waals surface area contributed by atoms with Gasteiger partial charge in [-0.25, -0.2) is 4.79 Å². The molecular weight excluding hydrogens is 592 g/mol. The summed E-state index contributed by atoms with van der Waals surface area (Å²) in [6.45, 7) is -0.795. The molecule has 2 heterocycles. The largest absolute Gasteiger partial charge is 0.508 e. The van der Waals surface area contributed by atoms with Gasteiger partial charge in [-0.2, -0.15) is 0 Å². The maximum Gasteiger partial charge on any atom is 0.338 e. The molecule has 0 saturated carbocycles. The Morgan fingerprint density at radius 3 is 2.11 bits per heavy atom. The molecule has 44 heavy (non-hydrogen) atoms. The number of phenols is 7. The lowest BCUT2D eigenvalue weighted by atomic mass is 9.99. The fourth-order valence-corrected chi connectivity index (χ4v) is 4.46. The number of aliphatic hydroxyl groups is 3. The van der Waals surface area contributed by atoms with Gasteiger partial charge in [-0.1, -0.05) is 0 Å². The fourth-order valence-electron chi connectivity index (χ4n) is 4.46. The normalized spacial score (nSPS) is 21.7. The second-order valence-corrected chi connectivity index (χ2v) is 9.73. The Bertz CT molecular complexity index is 1790. The van der Waals surface area contributed by atoms with Gasteiger partial charge in [-0.3, -0.25) is 4.79 Å². The molecule has 1 aromatic heterocycles. The molecular formula is C28H24O16. The van der Waals surface area contributed by atoms with Crippen molar-refractivity contribution in [1.29, 1.82) is 0 Å². The minimum Gasteiger partial charge on any atom is -0.508 e. The van der Waals surface area contributed by atoms with E-state index in [4.69, 9.17) is 18.6 Å². The predicted octanol–water partition coefficient (Wildman–Crippen LogP) is 0.443. The highest BCUT2D eigenvalue weighted by molar-refractivity contribution is 5.91. The van der Waals surface area contributed by atoms with Crippen molar-refractivity contribution in [2.45, 2.75) is 30.7 Å². The smallest absolute Gasteiger partial charge is 0.338 e. The Kier molecular flexibility index (Phi) is 7.75. The van der Waals surface area contributed by atoms with Crippen LogP contribution in [0, 0.1) is 0 Å². The summed E-state index contributed by atoms with van der Waals surface area (Å²) in [5.74, 6) is -7.19. The minimum absolute atomic E-state index is 0.0612. The lowest BCUT2D eigenvalue weighted by Crippen LogP contribution is -2.60. The average Bonchev–Trinajstić information content (AvgIpc) is 2.97. The number of hydrogen-bond donors (Lipinski definition) is 10. The molecule has 10 N–H and O–H groups in total. The van der Waals surface area contributed by atoms with E-state index in [2.05, 4.69) is 0 Å². The third kappa shape index (κ3) is 5.40. The molecule has 0 aliphatic carbocycles. The molecule has 5 atom stereocenters. The van der Waals surface area contributed by atoms with Crippen LogP contribution in [0.3, 0.4) is 0 Å². The topological polar surface area (TPSA) is 277 Å². The maximum atomic E-state index is 13.5. The number of hydrogen-bond acceptors (Lipinski definition) is 16. The van der Waals surface area contributed by atoms with Crippen molar-refractivity contribution >= 4 is 16.9 Å². The molecule has 0 spiro atoms. The summed E-state index contributed by atoms with van der Waals surface area (Å²) in [7, 11) is 0. The van der Waals surface area contributed by atoms with Crippen molar-refractivity contribution in [2.75, 3.05) is 6.61 Å². The van der Waals surface area contributed by atoms with Gasteiger partial charge in [0.25, 0.3) is 0 Å². The zero-order valence-electron chi connectivity index (χ0n) is 22.1. The van der Waals surface area contributed by atoms with E-state index in [-0.39, 0.29) is 11.1 Å². The van der Waals surface area contributed by atoms with Crippen LogP contribution >= 0.6 is 0 Å². The Hall–Kier alpha value is -5.42. The van der Waals surface area contributed by atoms with Crippen molar-refractivity contribution in [2.24, 2.45) is 0 Å². The molecule has 2 unspecified atom stereocenters. The third-order valence-electron chi connectivity index (χ3n) is 6.74. The van der Waals surface area contributed by atoms with Crippen molar-refractivity contribution < 1.29 is 74.5 Å². The summed E-state index contributed by atoms with van der Waals surface area (Å²) in [4.78, 5) is 26.0. The Balaban J connectivity index is 1.48. The van der Waals surface area contributed by atoms with Crippen molar-refractivity contribution in [1.82, 2.24) is 0 Å². The van der Waals surface area contributed by atoms with Gasteiger partial charge in [0.1, 0.15) is 53.5 Å². The van der Waals surface area contributed by atoms with Crippen molar-refractivity contribution in [3.05, 3.63) is 58.3 Å². The van der Waals surface area contributed by atoms with E-state index in [1.165, 1.54) is 6.07 Å². The molecule has 1 fully saturated rings. The molecule has 5 rings (SSSR count). The quantitative estimate of drug-likeness (QED) is 0.104. The van der Waals surface area contributed by atoms with E-state index in [0.29, 0.717) is 0 Å². The molecule has 16 heteroatoms. The van der Waals surface area contributed by atoms with E-state index < -0.39 is 111 Å². The van der Waals surface area contributed by atoms with Crippen LogP contribution in [0.1, 0.15) is 10.4 Å². The summed E-state index contributed by atoms with van der Waals surface area (Å²) < 4.78 is 21.9. The molecule has 1 saturated heterocycles. The molecule has 0 radical (unpaired) electrons. The monoisotopic (exact) mass is 616 g/mol. The van der Waals surface area contributed by atoms with Crippen LogP contribution in [0.25, 0.3) is 22.3 Å². The maximum absolute atomic E-state index is 13.5. The Morgan fingerprint density at radius 1 is 0.773 bits per heavy atom. The molecule has 3 aromatic carbocycles. The number of rotatable bonds is 6. The van der Waals surface area contributed by atoms with E-state index in [1.54, 1.807) is 0 Å². The molecule has 1 aliphatic heterocycles. The molecule has 0 amide bonds. The van der Waals surface area contributed by atoms with Gasteiger partial charge in [0.15, 0.2) is 34.5 Å². The third-order valence-corrected chi connectivity index (χ3v) is 6.74. The summed E-state index contributed by atoms with van der Waals surface area (Å²) in [6, 6.07) is 6.70. The molecule has 1 aliphatic rings. The number of esters is 1. The zero-order chi connectivity index (χ0) is 32.0. The predicted molar refractivity (Wildman–Crippen MR) is 144 cm³/mol. The van der Waals surface area contributed by atoms with Crippen LogP contribution in [-0.2, 0) is 9.47 Å². The first kappa shape index (κ1) is 30.1. The summed E-state index contributed by atoms with van der Waals surface area (Å²) in [5.41, 5.74) is -1.84. The van der Waals surface area contributed by atoms with Crippen LogP contribution in [0.4, 0.5) is 0 Å². The van der Waals surface area contributed by atoms with Gasteiger partial charge in [0.05, 0.1) is 5.56 Å². The summed E-state index contributed by atoms with van der Waals surface area (Å²) in [5, 5.41) is 99.8. The highest BCUT2D eigenvalue weighted by atomic mass is 16.7. The number of aromatic hydroxyl groups is 7. The number of fused-ring (bicyclic) bond motifs is 1. The SMILES string of the molecule is O=C(OC[C@H]1O[C@@H](Oc2c(-c3ccc(O)c(O)c3)oc3cc(O)cc(O)c3c2=O)C(O)C(O)[C@H]1O)c1cc(O)c(O)c(O)c1. The summed E-state index contributed by atoms with van der Waals surface area (Å²) in [6.07, 6.45) is -9.43. The zero-order valence-corrected chi connectivity index (χ0v) is 22.1. The van der Waals surface area contributed by atoms with E-state index >= 15 is 0 Å². The van der Waals surface area contributed by atoms with Gasteiger partial charge >= 0.3 is 5.97 Å². The Morgan fingerprint density at radius 2 is 1.45 bits per heavy atom. The van der Waals surface area contributed by atoms with Gasteiger partial charge in [-0.05, 0) is 30.3 Å². The number of ether oxygens (including phenoxy) is 3. The lowest BCUT2D eigenvalue weighted by molar-refractivity contribution is -0.277. The highest BCUT2D eigenvalue weighted by Crippen LogP contribution is 2.40. The van der Waals surface area contributed by atoms with Crippen LogP contribution < -0.4 is 10.2 Å². The van der Waals surface area contributed by atoms with Gasteiger partial charge in [-0.15, -0.1) is 0 Å². The molecule has 0 bridgehead atoms. The van der Waals surface area contributed by atoms with Gasteiger partial charge in [0.2, 0.25) is 17.5 Å². The second kappa shape index (κ2) is 11.3. The van der Waals surface area contributed by atoms with Crippen LogP contribution in [-0.4, -0.2) is 94.3 Å². The first-order valence-electron chi connectivity index (χ1n) is 12.6. The summed E-state index contributed by atoms with van der Waals surface area (Å²) >= 11 is 0. The average molecular weight is 616 g/mol. The number of carbonyl (C=O) groups excluding carboxylic acids is 1. The first-order valence-corrected chi connectivity index (χ1v) is 12.6. The highest BCUT2D eigenvalue weighted by Gasteiger charge is 2.46. The fraction of sp³-hybridized carbons (Fsp3) is 0.214.